The van der Waals surface area contributed by atoms with Crippen LogP contribution >= 0.6 is 0 Å². The first kappa shape index (κ1) is 13.6. The summed E-state index contributed by atoms with van der Waals surface area (Å²) in [7, 11) is 0. The van der Waals surface area contributed by atoms with E-state index in [-0.39, 0.29) is 5.91 Å². The number of ether oxygens (including phenoxy) is 1. The molecule has 1 amide bonds. The van der Waals surface area contributed by atoms with Gasteiger partial charge in [-0.15, -0.1) is 5.10 Å². The molecule has 1 aliphatic rings. The van der Waals surface area contributed by atoms with Crippen molar-refractivity contribution in [1.29, 1.82) is 0 Å². The van der Waals surface area contributed by atoms with Crippen molar-refractivity contribution in [2.45, 2.75) is 13.5 Å². The Balaban J connectivity index is 1.53. The maximum atomic E-state index is 12.3. The van der Waals surface area contributed by atoms with Crippen molar-refractivity contribution in [3.8, 4) is 5.75 Å². The van der Waals surface area contributed by atoms with E-state index in [1.165, 1.54) is 0 Å². The lowest BCUT2D eigenvalue weighted by molar-refractivity contribution is 0.0460. The van der Waals surface area contributed by atoms with Crippen LogP contribution in [0, 0.1) is 5.92 Å². The van der Waals surface area contributed by atoms with Gasteiger partial charge >= 0.3 is 0 Å². The van der Waals surface area contributed by atoms with Gasteiger partial charge in [-0.25, -0.2) is 0 Å². The first-order valence-electron chi connectivity index (χ1n) is 7.12. The van der Waals surface area contributed by atoms with Crippen molar-refractivity contribution < 1.29 is 9.53 Å². The minimum Gasteiger partial charge on any atom is -0.494 e. The molecule has 0 radical (unpaired) electrons. The van der Waals surface area contributed by atoms with E-state index in [1.807, 2.05) is 47.0 Å². The Morgan fingerprint density at radius 3 is 2.71 bits per heavy atom. The topological polar surface area (TPSA) is 60.2 Å². The second kappa shape index (κ2) is 5.95. The Labute approximate surface area is 123 Å². The average Bonchev–Trinajstić information content (AvgIpc) is 2.96. The van der Waals surface area contributed by atoms with E-state index in [9.17, 15) is 4.79 Å². The maximum absolute atomic E-state index is 12.3. The molecule has 0 spiro atoms. The molecule has 6 nitrogen and oxygen atoms in total. The molecule has 0 bridgehead atoms. The van der Waals surface area contributed by atoms with Crippen LogP contribution < -0.4 is 4.74 Å². The Kier molecular flexibility index (Phi) is 3.85. The third kappa shape index (κ3) is 3.04. The fourth-order valence-corrected chi connectivity index (χ4v) is 2.49. The molecule has 2 heterocycles. The van der Waals surface area contributed by atoms with E-state index >= 15 is 0 Å². The lowest BCUT2D eigenvalue weighted by Gasteiger charge is -2.39. The van der Waals surface area contributed by atoms with Crippen molar-refractivity contribution in [3.05, 3.63) is 42.2 Å². The molecule has 21 heavy (non-hydrogen) atoms. The van der Waals surface area contributed by atoms with E-state index in [4.69, 9.17) is 4.74 Å². The van der Waals surface area contributed by atoms with Gasteiger partial charge in [0.2, 0.25) is 0 Å². The number of hydrogen-bond donors (Lipinski definition) is 0. The van der Waals surface area contributed by atoms with Gasteiger partial charge in [-0.3, -0.25) is 9.48 Å². The summed E-state index contributed by atoms with van der Waals surface area (Å²) in [6, 6.07) is 7.31. The van der Waals surface area contributed by atoms with Crippen LogP contribution in [0.3, 0.4) is 0 Å². The minimum atomic E-state index is 0.0767. The highest BCUT2D eigenvalue weighted by molar-refractivity contribution is 5.94. The molecule has 0 saturated carbocycles. The predicted molar refractivity (Wildman–Crippen MR) is 77.0 cm³/mol. The van der Waals surface area contributed by atoms with Crippen molar-refractivity contribution in [3.63, 3.8) is 0 Å². The van der Waals surface area contributed by atoms with Gasteiger partial charge < -0.3 is 9.64 Å². The predicted octanol–water partition coefficient (Wildman–Crippen LogP) is 1.45. The number of rotatable bonds is 5. The van der Waals surface area contributed by atoms with Gasteiger partial charge in [0.25, 0.3) is 5.91 Å². The lowest BCUT2D eigenvalue weighted by Crippen LogP contribution is -2.51. The quantitative estimate of drug-likeness (QED) is 0.834. The molecule has 0 atom stereocenters. The summed E-state index contributed by atoms with van der Waals surface area (Å²) in [4.78, 5) is 14.2. The Morgan fingerprint density at radius 1 is 1.33 bits per heavy atom. The van der Waals surface area contributed by atoms with E-state index in [0.29, 0.717) is 18.1 Å². The van der Waals surface area contributed by atoms with E-state index < -0.39 is 0 Å². The summed E-state index contributed by atoms with van der Waals surface area (Å²) < 4.78 is 7.19. The second-order valence-electron chi connectivity index (χ2n) is 5.16. The standard InChI is InChI=1S/C15H18N4O2/c1-2-21-14-5-3-13(4-6-14)15(20)18-9-12(10-18)11-19-8-7-16-17-19/h3-8,12H,2,9-11H2,1H3. The lowest BCUT2D eigenvalue weighted by atomic mass is 9.99. The van der Waals surface area contributed by atoms with Gasteiger partial charge in [0, 0.05) is 37.3 Å². The number of amides is 1. The number of carbonyl (C=O) groups is 1. The molecule has 2 aromatic rings. The molecule has 3 rings (SSSR count). The zero-order valence-corrected chi connectivity index (χ0v) is 12.0. The van der Waals surface area contributed by atoms with Gasteiger partial charge in [-0.2, -0.15) is 0 Å². The molecule has 1 fully saturated rings. The monoisotopic (exact) mass is 286 g/mol. The smallest absolute Gasteiger partial charge is 0.253 e. The highest BCUT2D eigenvalue weighted by atomic mass is 16.5. The van der Waals surface area contributed by atoms with Crippen molar-refractivity contribution >= 4 is 5.91 Å². The van der Waals surface area contributed by atoms with Crippen molar-refractivity contribution in [1.82, 2.24) is 19.9 Å². The molecule has 1 aromatic carbocycles. The fourth-order valence-electron chi connectivity index (χ4n) is 2.49. The summed E-state index contributed by atoms with van der Waals surface area (Å²) in [5, 5.41) is 7.72. The first-order chi connectivity index (χ1) is 10.3. The average molecular weight is 286 g/mol. The van der Waals surface area contributed by atoms with Crippen LogP contribution in [0.1, 0.15) is 17.3 Å². The molecular formula is C15H18N4O2. The fraction of sp³-hybridized carbons (Fsp3) is 0.400. The molecule has 110 valence electrons. The normalized spacial score (nSPS) is 14.8. The maximum Gasteiger partial charge on any atom is 0.253 e. The van der Waals surface area contributed by atoms with Crippen molar-refractivity contribution in [2.24, 2.45) is 5.92 Å². The molecule has 1 saturated heterocycles. The molecule has 0 unspecified atom stereocenters. The number of aromatic nitrogens is 3. The first-order valence-corrected chi connectivity index (χ1v) is 7.12. The number of benzene rings is 1. The Morgan fingerprint density at radius 2 is 2.10 bits per heavy atom. The van der Waals surface area contributed by atoms with Crippen LogP contribution in [-0.4, -0.2) is 45.5 Å². The number of hydrogen-bond acceptors (Lipinski definition) is 4. The highest BCUT2D eigenvalue weighted by Gasteiger charge is 2.31. The van der Waals surface area contributed by atoms with Gasteiger partial charge in [-0.05, 0) is 31.2 Å². The van der Waals surface area contributed by atoms with Gasteiger partial charge in [-0.1, -0.05) is 5.21 Å². The SMILES string of the molecule is CCOc1ccc(C(=O)N2CC(Cn3ccnn3)C2)cc1. The number of nitrogens with zero attached hydrogens (tertiary/aromatic N) is 4. The van der Waals surface area contributed by atoms with E-state index in [2.05, 4.69) is 10.3 Å². The van der Waals surface area contributed by atoms with Crippen LogP contribution in [0.15, 0.2) is 36.7 Å². The van der Waals surface area contributed by atoms with Gasteiger partial charge in [0.05, 0.1) is 12.8 Å². The largest absolute Gasteiger partial charge is 0.494 e. The zero-order chi connectivity index (χ0) is 14.7. The van der Waals surface area contributed by atoms with E-state index in [0.717, 1.165) is 25.4 Å². The Bertz CT molecular complexity index is 589. The Hall–Kier alpha value is -2.37. The summed E-state index contributed by atoms with van der Waals surface area (Å²) in [6.07, 6.45) is 3.51. The van der Waals surface area contributed by atoms with Crippen LogP contribution in [0.5, 0.6) is 5.75 Å². The molecular weight excluding hydrogens is 268 g/mol. The van der Waals surface area contributed by atoms with Gasteiger partial charge in [0.15, 0.2) is 0 Å². The molecule has 1 aromatic heterocycles. The van der Waals surface area contributed by atoms with Crippen LogP contribution in [0.4, 0.5) is 0 Å². The van der Waals surface area contributed by atoms with Gasteiger partial charge in [0.1, 0.15) is 5.75 Å². The summed E-state index contributed by atoms with van der Waals surface area (Å²) >= 11 is 0. The summed E-state index contributed by atoms with van der Waals surface area (Å²) in [6.45, 7) is 4.92. The molecule has 1 aliphatic heterocycles. The summed E-state index contributed by atoms with van der Waals surface area (Å²) in [5.41, 5.74) is 0.706. The van der Waals surface area contributed by atoms with Crippen LogP contribution in [0.25, 0.3) is 0 Å². The molecule has 0 N–H and O–H groups in total. The minimum absolute atomic E-state index is 0.0767. The van der Waals surface area contributed by atoms with Crippen LogP contribution in [0.2, 0.25) is 0 Å². The van der Waals surface area contributed by atoms with Crippen LogP contribution in [-0.2, 0) is 6.54 Å². The highest BCUT2D eigenvalue weighted by Crippen LogP contribution is 2.21. The molecule has 6 heteroatoms. The zero-order valence-electron chi connectivity index (χ0n) is 12.0. The number of likely N-dealkylation sites (tertiary alicyclic amines) is 1. The second-order valence-corrected chi connectivity index (χ2v) is 5.16. The summed E-state index contributed by atoms with van der Waals surface area (Å²) in [5.74, 6) is 1.33. The van der Waals surface area contributed by atoms with E-state index in [1.54, 1.807) is 6.20 Å². The number of carbonyl (C=O) groups excluding carboxylic acids is 1. The van der Waals surface area contributed by atoms with Crippen molar-refractivity contribution in [2.75, 3.05) is 19.7 Å². The third-order valence-corrected chi connectivity index (χ3v) is 3.57. The molecule has 0 aliphatic carbocycles. The third-order valence-electron chi connectivity index (χ3n) is 3.57.